The molecule has 2 aliphatic heterocycles. The number of aliphatic imine (C=N–C) groups is 1. The molecule has 0 radical (unpaired) electrons. The second-order valence-electron chi connectivity index (χ2n) is 2.74. The van der Waals surface area contributed by atoms with Crippen LogP contribution in [-0.2, 0) is 0 Å². The van der Waals surface area contributed by atoms with Crippen molar-refractivity contribution in [2.75, 3.05) is 5.75 Å². The van der Waals surface area contributed by atoms with Crippen LogP contribution in [0.15, 0.2) is 29.5 Å². The molecule has 1 aromatic heterocycles. The number of nitrogens with zero attached hydrogens (tertiary/aromatic N) is 2. The fourth-order valence-electron chi connectivity index (χ4n) is 1.49. The van der Waals surface area contributed by atoms with Gasteiger partial charge in [-0.1, -0.05) is 6.08 Å². The summed E-state index contributed by atoms with van der Waals surface area (Å²) in [5.74, 6) is 1.06. The lowest BCUT2D eigenvalue weighted by atomic mass is 10.1. The van der Waals surface area contributed by atoms with Gasteiger partial charge in [-0.05, 0) is 6.07 Å². The third-order valence-corrected chi connectivity index (χ3v) is 2.97. The van der Waals surface area contributed by atoms with Crippen molar-refractivity contribution < 1.29 is 0 Å². The van der Waals surface area contributed by atoms with Gasteiger partial charge < -0.3 is 0 Å². The van der Waals surface area contributed by atoms with Crippen LogP contribution in [0.2, 0.25) is 0 Å². The molecule has 3 heteroatoms. The molecule has 1 aromatic rings. The first-order valence-electron chi connectivity index (χ1n) is 3.81. The van der Waals surface area contributed by atoms with Crippen LogP contribution in [0.1, 0.15) is 5.56 Å². The van der Waals surface area contributed by atoms with Gasteiger partial charge in [-0.25, -0.2) is 4.99 Å². The molecule has 0 amide bonds. The predicted octanol–water partition coefficient (Wildman–Crippen LogP) is 2.26. The van der Waals surface area contributed by atoms with E-state index in [2.05, 4.69) is 16.1 Å². The maximum atomic E-state index is 4.48. The van der Waals surface area contributed by atoms with Crippen LogP contribution in [0.4, 0.5) is 5.69 Å². The highest BCUT2D eigenvalue weighted by atomic mass is 32.2. The number of pyridine rings is 1. The van der Waals surface area contributed by atoms with E-state index in [4.69, 9.17) is 0 Å². The Kier molecular flexibility index (Phi) is 1.18. The summed E-state index contributed by atoms with van der Waals surface area (Å²) in [5, 5.41) is 1.16. The van der Waals surface area contributed by atoms with E-state index in [1.54, 1.807) is 18.0 Å². The van der Waals surface area contributed by atoms with Gasteiger partial charge in [0.1, 0.15) is 5.04 Å². The molecule has 0 saturated carbocycles. The van der Waals surface area contributed by atoms with Gasteiger partial charge in [0.2, 0.25) is 0 Å². The van der Waals surface area contributed by atoms with Crippen molar-refractivity contribution in [3.8, 4) is 0 Å². The molecule has 0 fully saturated rings. The minimum absolute atomic E-state index is 1.06. The zero-order chi connectivity index (χ0) is 7.97. The number of hydrogen-bond donors (Lipinski definition) is 0. The van der Waals surface area contributed by atoms with Crippen molar-refractivity contribution in [1.29, 1.82) is 0 Å². The largest absolute Gasteiger partial charge is 0.264 e. The first-order valence-corrected chi connectivity index (χ1v) is 4.80. The molecule has 2 nitrogen and oxygen atoms in total. The van der Waals surface area contributed by atoms with Crippen LogP contribution < -0.4 is 0 Å². The number of rotatable bonds is 0. The van der Waals surface area contributed by atoms with Gasteiger partial charge in [0.25, 0.3) is 0 Å². The fraction of sp³-hybridized carbons (Fsp3) is 0.111. The van der Waals surface area contributed by atoms with Crippen LogP contribution in [0.3, 0.4) is 0 Å². The summed E-state index contributed by atoms with van der Waals surface area (Å²) < 4.78 is 0. The van der Waals surface area contributed by atoms with Gasteiger partial charge in [0, 0.05) is 29.3 Å². The minimum atomic E-state index is 1.06. The minimum Gasteiger partial charge on any atom is -0.264 e. The van der Waals surface area contributed by atoms with Crippen LogP contribution in [0.5, 0.6) is 0 Å². The van der Waals surface area contributed by atoms with Gasteiger partial charge >= 0.3 is 0 Å². The topological polar surface area (TPSA) is 25.2 Å². The van der Waals surface area contributed by atoms with Gasteiger partial charge in [-0.2, -0.15) is 0 Å². The Morgan fingerprint density at radius 3 is 3.42 bits per heavy atom. The molecular weight excluding hydrogens is 168 g/mol. The monoisotopic (exact) mass is 174 g/mol. The van der Waals surface area contributed by atoms with Crippen LogP contribution >= 0.6 is 11.8 Å². The van der Waals surface area contributed by atoms with E-state index in [9.17, 15) is 0 Å². The van der Waals surface area contributed by atoms with E-state index in [0.717, 1.165) is 16.5 Å². The maximum Gasteiger partial charge on any atom is 0.105 e. The molecule has 0 bridgehead atoms. The molecular formula is C9H6N2S. The molecule has 0 spiro atoms. The summed E-state index contributed by atoms with van der Waals surface area (Å²) in [5.41, 5.74) is 3.54. The first-order chi connectivity index (χ1) is 5.95. The Morgan fingerprint density at radius 1 is 1.42 bits per heavy atom. The summed E-state index contributed by atoms with van der Waals surface area (Å²) in [6.45, 7) is 0. The molecule has 12 heavy (non-hydrogen) atoms. The average Bonchev–Trinajstić information content (AvgIpc) is 2.62. The van der Waals surface area contributed by atoms with Gasteiger partial charge in [-0.15, -0.1) is 11.8 Å². The first kappa shape index (κ1) is 6.43. The van der Waals surface area contributed by atoms with Crippen LogP contribution in [-0.4, -0.2) is 15.8 Å². The average molecular weight is 174 g/mol. The molecule has 58 valence electrons. The van der Waals surface area contributed by atoms with Gasteiger partial charge in [0.15, 0.2) is 0 Å². The summed E-state index contributed by atoms with van der Waals surface area (Å²) in [7, 11) is 0. The van der Waals surface area contributed by atoms with E-state index >= 15 is 0 Å². The zero-order valence-electron chi connectivity index (χ0n) is 6.32. The van der Waals surface area contributed by atoms with Crippen molar-refractivity contribution in [2.45, 2.75) is 0 Å². The number of thioether (sulfide) groups is 1. The van der Waals surface area contributed by atoms with Crippen molar-refractivity contribution in [3.05, 3.63) is 30.1 Å². The highest BCUT2D eigenvalue weighted by Crippen LogP contribution is 2.41. The lowest BCUT2D eigenvalue weighted by Gasteiger charge is -1.94. The van der Waals surface area contributed by atoms with Crippen LogP contribution in [0, 0.1) is 0 Å². The number of hydrogen-bond acceptors (Lipinski definition) is 3. The molecule has 0 aromatic carbocycles. The third-order valence-electron chi connectivity index (χ3n) is 2.05. The van der Waals surface area contributed by atoms with Crippen molar-refractivity contribution in [1.82, 2.24) is 4.98 Å². The second-order valence-corrected chi connectivity index (χ2v) is 3.75. The Balaban J connectivity index is 2.29. The Labute approximate surface area is 74.4 Å². The van der Waals surface area contributed by atoms with Crippen molar-refractivity contribution >= 4 is 28.1 Å². The highest BCUT2D eigenvalue weighted by molar-refractivity contribution is 8.15. The maximum absolute atomic E-state index is 4.48. The molecule has 0 aliphatic carbocycles. The summed E-state index contributed by atoms with van der Waals surface area (Å²) in [6.07, 6.45) is 5.90. The molecule has 0 saturated heterocycles. The third kappa shape index (κ3) is 0.716. The Bertz CT molecular complexity index is 407. The van der Waals surface area contributed by atoms with E-state index in [-0.39, 0.29) is 0 Å². The van der Waals surface area contributed by atoms with E-state index in [1.165, 1.54) is 11.1 Å². The normalized spacial score (nSPS) is 18.3. The SMILES string of the molecule is C1=C2C(=Nc3ccncc32)SC1. The molecule has 3 heterocycles. The lowest BCUT2D eigenvalue weighted by Crippen LogP contribution is -1.83. The van der Waals surface area contributed by atoms with E-state index < -0.39 is 0 Å². The standard InChI is InChI=1S/C9H6N2S/c1-3-10-5-7-6-2-4-12-9(6)11-8(1)7/h1-3,5H,4H2. The van der Waals surface area contributed by atoms with Gasteiger partial charge in [-0.3, -0.25) is 4.98 Å². The van der Waals surface area contributed by atoms with Crippen molar-refractivity contribution in [3.63, 3.8) is 0 Å². The molecule has 2 aliphatic rings. The molecule has 3 rings (SSSR count). The zero-order valence-corrected chi connectivity index (χ0v) is 7.14. The molecule has 0 N–H and O–H groups in total. The predicted molar refractivity (Wildman–Crippen MR) is 51.8 cm³/mol. The quantitative estimate of drug-likeness (QED) is 0.602. The molecule has 0 atom stereocenters. The summed E-state index contributed by atoms with van der Waals surface area (Å²) in [6, 6.07) is 1.96. The number of aromatic nitrogens is 1. The Morgan fingerprint density at radius 2 is 2.42 bits per heavy atom. The van der Waals surface area contributed by atoms with E-state index in [1.807, 2.05) is 12.3 Å². The smallest absolute Gasteiger partial charge is 0.105 e. The lowest BCUT2D eigenvalue weighted by molar-refractivity contribution is 1.31. The van der Waals surface area contributed by atoms with Crippen molar-refractivity contribution in [2.24, 2.45) is 4.99 Å². The summed E-state index contributed by atoms with van der Waals surface area (Å²) >= 11 is 1.80. The molecule has 0 unspecified atom stereocenters. The number of fused-ring (bicyclic) bond motifs is 3. The van der Waals surface area contributed by atoms with Gasteiger partial charge in [0.05, 0.1) is 5.69 Å². The van der Waals surface area contributed by atoms with Crippen LogP contribution in [0.25, 0.3) is 5.57 Å². The Hall–Kier alpha value is -1.09. The highest BCUT2D eigenvalue weighted by Gasteiger charge is 2.23. The van der Waals surface area contributed by atoms with E-state index in [0.29, 0.717) is 0 Å². The second kappa shape index (κ2) is 2.20. The summed E-state index contributed by atoms with van der Waals surface area (Å²) in [4.78, 5) is 8.58. The fourth-order valence-corrected chi connectivity index (χ4v) is 2.41.